The number of alkyl halides is 3. The largest absolute Gasteiger partial charge is 0.416 e. The third-order valence-electron chi connectivity index (χ3n) is 2.31. The molecule has 0 amide bonds. The van der Waals surface area contributed by atoms with Crippen LogP contribution in [0.5, 0.6) is 0 Å². The summed E-state index contributed by atoms with van der Waals surface area (Å²) in [6, 6.07) is 4.36. The van der Waals surface area contributed by atoms with Crippen molar-refractivity contribution < 1.29 is 23.4 Å². The van der Waals surface area contributed by atoms with Crippen LogP contribution in [0.1, 0.15) is 23.7 Å². The van der Waals surface area contributed by atoms with Crippen molar-refractivity contribution in [2.45, 2.75) is 24.8 Å². The Morgan fingerprint density at radius 1 is 1.33 bits per heavy atom. The van der Waals surface area contributed by atoms with E-state index in [1.54, 1.807) is 6.07 Å². The highest BCUT2D eigenvalue weighted by Crippen LogP contribution is 2.34. The Hall–Kier alpha value is -1.10. The zero-order valence-corrected chi connectivity index (χ0v) is 10.5. The lowest BCUT2D eigenvalue weighted by molar-refractivity contribution is -0.137. The highest BCUT2D eigenvalue weighted by atomic mass is 79.9. The van der Waals surface area contributed by atoms with Gasteiger partial charge in [-0.3, -0.25) is 0 Å². The van der Waals surface area contributed by atoms with Crippen LogP contribution in [-0.4, -0.2) is 16.3 Å². The third kappa shape index (κ3) is 3.45. The number of benzene rings is 1. The number of hydrogen-bond acceptors (Lipinski definition) is 3. The summed E-state index contributed by atoms with van der Waals surface area (Å²) in [6.07, 6.45) is -7.55. The average Bonchev–Trinajstić information content (AvgIpc) is 2.27. The second kappa shape index (κ2) is 5.69. The minimum Gasteiger partial charge on any atom is -0.389 e. The van der Waals surface area contributed by atoms with Gasteiger partial charge in [0.1, 0.15) is 6.10 Å². The maximum absolute atomic E-state index is 12.4. The van der Waals surface area contributed by atoms with Gasteiger partial charge in [0.2, 0.25) is 0 Å². The molecule has 0 aliphatic heterocycles. The van der Waals surface area contributed by atoms with Gasteiger partial charge >= 0.3 is 6.18 Å². The molecule has 0 aliphatic carbocycles. The number of halogens is 4. The molecule has 2 unspecified atom stereocenters. The maximum atomic E-state index is 12.4. The molecular weight excluding hydrogens is 315 g/mol. The Morgan fingerprint density at radius 3 is 2.39 bits per heavy atom. The normalized spacial score (nSPS) is 14.9. The van der Waals surface area contributed by atoms with Crippen LogP contribution in [0, 0.1) is 11.3 Å². The van der Waals surface area contributed by atoms with Gasteiger partial charge in [-0.1, -0.05) is 22.0 Å². The molecule has 3 nitrogen and oxygen atoms in total. The van der Waals surface area contributed by atoms with E-state index in [9.17, 15) is 23.4 Å². The van der Waals surface area contributed by atoms with Gasteiger partial charge in [0, 0.05) is 4.47 Å². The average molecular weight is 324 g/mol. The van der Waals surface area contributed by atoms with Gasteiger partial charge in [0.05, 0.1) is 24.2 Å². The fourth-order valence-electron chi connectivity index (χ4n) is 1.36. The molecule has 0 fully saturated rings. The lowest BCUT2D eigenvalue weighted by Crippen LogP contribution is -2.18. The van der Waals surface area contributed by atoms with Crippen molar-refractivity contribution in [1.82, 2.24) is 0 Å². The molecular formula is C11H9BrF3NO2. The quantitative estimate of drug-likeness (QED) is 0.899. The van der Waals surface area contributed by atoms with Gasteiger partial charge < -0.3 is 10.2 Å². The molecule has 0 aliphatic rings. The Bertz CT molecular complexity index is 470. The molecule has 0 bridgehead atoms. The van der Waals surface area contributed by atoms with Gasteiger partial charge in [0.15, 0.2) is 0 Å². The molecule has 0 heterocycles. The van der Waals surface area contributed by atoms with Crippen molar-refractivity contribution in [3.63, 3.8) is 0 Å². The standard InChI is InChI=1S/C11H9BrF3NO2/c12-8-5-6(11(13,14)15)1-2-7(8)10(18)9(17)3-4-16/h1-2,5,9-10,17-18H,3H2. The van der Waals surface area contributed by atoms with Crippen molar-refractivity contribution in [2.75, 3.05) is 0 Å². The summed E-state index contributed by atoms with van der Waals surface area (Å²) in [4.78, 5) is 0. The second-order valence-corrected chi connectivity index (χ2v) is 4.46. The zero-order chi connectivity index (χ0) is 13.9. The van der Waals surface area contributed by atoms with E-state index in [1.807, 2.05) is 0 Å². The molecule has 0 spiro atoms. The first-order valence-electron chi connectivity index (χ1n) is 4.87. The van der Waals surface area contributed by atoms with Crippen LogP contribution in [0.2, 0.25) is 0 Å². The summed E-state index contributed by atoms with van der Waals surface area (Å²) in [5.41, 5.74) is -0.758. The molecule has 1 rings (SSSR count). The molecule has 0 aromatic heterocycles. The van der Waals surface area contributed by atoms with Gasteiger partial charge in [-0.05, 0) is 17.7 Å². The van der Waals surface area contributed by atoms with Gasteiger partial charge in [-0.2, -0.15) is 18.4 Å². The van der Waals surface area contributed by atoms with Crippen LogP contribution in [0.3, 0.4) is 0 Å². The molecule has 18 heavy (non-hydrogen) atoms. The first-order chi connectivity index (χ1) is 8.27. The number of hydrogen-bond donors (Lipinski definition) is 2. The highest BCUT2D eigenvalue weighted by Gasteiger charge is 2.31. The minimum atomic E-state index is -4.47. The molecule has 0 saturated carbocycles. The lowest BCUT2D eigenvalue weighted by atomic mass is 10.0. The third-order valence-corrected chi connectivity index (χ3v) is 3.00. The smallest absolute Gasteiger partial charge is 0.389 e. The van der Waals surface area contributed by atoms with E-state index in [0.29, 0.717) is 0 Å². The number of aliphatic hydroxyl groups excluding tert-OH is 2. The van der Waals surface area contributed by atoms with Crippen LogP contribution < -0.4 is 0 Å². The second-order valence-electron chi connectivity index (χ2n) is 3.61. The first-order valence-corrected chi connectivity index (χ1v) is 5.66. The fourth-order valence-corrected chi connectivity index (χ4v) is 1.97. The fraction of sp³-hybridized carbons (Fsp3) is 0.364. The van der Waals surface area contributed by atoms with Crippen molar-refractivity contribution in [3.05, 3.63) is 33.8 Å². The Balaban J connectivity index is 3.03. The predicted octanol–water partition coefficient (Wildman–Crippen LogP) is 2.78. The molecule has 2 atom stereocenters. The summed E-state index contributed by atoms with van der Waals surface area (Å²) in [5, 5.41) is 27.5. The van der Waals surface area contributed by atoms with E-state index < -0.39 is 23.9 Å². The SMILES string of the molecule is N#CCC(O)C(O)c1ccc(C(F)(F)F)cc1Br. The maximum Gasteiger partial charge on any atom is 0.416 e. The molecule has 1 aromatic carbocycles. The van der Waals surface area contributed by atoms with Crippen LogP contribution in [-0.2, 0) is 6.18 Å². The van der Waals surface area contributed by atoms with Crippen molar-refractivity contribution >= 4 is 15.9 Å². The highest BCUT2D eigenvalue weighted by molar-refractivity contribution is 9.10. The summed E-state index contributed by atoms with van der Waals surface area (Å²) in [5.74, 6) is 0. The van der Waals surface area contributed by atoms with Crippen molar-refractivity contribution in [3.8, 4) is 6.07 Å². The lowest BCUT2D eigenvalue weighted by Gasteiger charge is -2.18. The van der Waals surface area contributed by atoms with E-state index in [2.05, 4.69) is 15.9 Å². The first kappa shape index (κ1) is 15.0. The predicted molar refractivity (Wildman–Crippen MR) is 60.3 cm³/mol. The Morgan fingerprint density at radius 2 is 1.94 bits per heavy atom. The zero-order valence-electron chi connectivity index (χ0n) is 8.95. The summed E-state index contributed by atoms with van der Waals surface area (Å²) in [7, 11) is 0. The number of rotatable bonds is 3. The molecule has 0 radical (unpaired) electrons. The summed E-state index contributed by atoms with van der Waals surface area (Å²) in [6.45, 7) is 0. The molecule has 7 heteroatoms. The monoisotopic (exact) mass is 323 g/mol. The van der Waals surface area contributed by atoms with Crippen molar-refractivity contribution in [1.29, 1.82) is 5.26 Å². The van der Waals surface area contributed by atoms with E-state index in [1.165, 1.54) is 0 Å². The molecule has 2 N–H and O–H groups in total. The van der Waals surface area contributed by atoms with Crippen LogP contribution in [0.25, 0.3) is 0 Å². The molecule has 98 valence electrons. The van der Waals surface area contributed by atoms with Gasteiger partial charge in [0.25, 0.3) is 0 Å². The summed E-state index contributed by atoms with van der Waals surface area (Å²) < 4.78 is 37.2. The van der Waals surface area contributed by atoms with Gasteiger partial charge in [-0.25, -0.2) is 0 Å². The number of nitriles is 1. The van der Waals surface area contributed by atoms with E-state index in [0.717, 1.165) is 18.2 Å². The van der Waals surface area contributed by atoms with Crippen molar-refractivity contribution in [2.24, 2.45) is 0 Å². The Kier molecular flexibility index (Phi) is 4.73. The van der Waals surface area contributed by atoms with Gasteiger partial charge in [-0.15, -0.1) is 0 Å². The number of aliphatic hydroxyl groups is 2. The van der Waals surface area contributed by atoms with E-state index >= 15 is 0 Å². The number of nitrogens with zero attached hydrogens (tertiary/aromatic N) is 1. The summed E-state index contributed by atoms with van der Waals surface area (Å²) >= 11 is 2.91. The topological polar surface area (TPSA) is 64.2 Å². The van der Waals surface area contributed by atoms with Crippen LogP contribution >= 0.6 is 15.9 Å². The van der Waals surface area contributed by atoms with E-state index in [4.69, 9.17) is 5.26 Å². The Labute approximate surface area is 110 Å². The minimum absolute atomic E-state index is 0.0295. The van der Waals surface area contributed by atoms with E-state index in [-0.39, 0.29) is 16.5 Å². The molecule has 0 saturated heterocycles. The van der Waals surface area contributed by atoms with Crippen LogP contribution in [0.15, 0.2) is 22.7 Å². The van der Waals surface area contributed by atoms with Crippen LogP contribution in [0.4, 0.5) is 13.2 Å². The molecule has 1 aromatic rings.